The highest BCUT2D eigenvalue weighted by atomic mass is 19.1. The fraction of sp³-hybridized carbons (Fsp3) is 0.583. The average molecular weight is 208 g/mol. The van der Waals surface area contributed by atoms with E-state index in [0.29, 0.717) is 12.6 Å². The van der Waals surface area contributed by atoms with Gasteiger partial charge in [0.15, 0.2) is 0 Å². The molecule has 82 valence electrons. The van der Waals surface area contributed by atoms with Crippen molar-refractivity contribution in [3.8, 4) is 0 Å². The van der Waals surface area contributed by atoms with Crippen LogP contribution in [0, 0.1) is 11.7 Å². The zero-order valence-corrected chi connectivity index (χ0v) is 9.04. The van der Waals surface area contributed by atoms with E-state index in [-0.39, 0.29) is 5.82 Å². The van der Waals surface area contributed by atoms with Crippen molar-refractivity contribution >= 4 is 0 Å². The molecule has 2 rings (SSSR count). The molecule has 1 aliphatic rings. The SMILES string of the molecule is CC(CC1CC1)NCc1cncc(F)c1. The molecule has 3 heteroatoms. The van der Waals surface area contributed by atoms with E-state index in [9.17, 15) is 4.39 Å². The molecule has 1 heterocycles. The van der Waals surface area contributed by atoms with E-state index in [4.69, 9.17) is 0 Å². The highest BCUT2D eigenvalue weighted by Crippen LogP contribution is 2.33. The van der Waals surface area contributed by atoms with Crippen LogP contribution in [0.1, 0.15) is 31.7 Å². The smallest absolute Gasteiger partial charge is 0.141 e. The summed E-state index contributed by atoms with van der Waals surface area (Å²) in [6.07, 6.45) is 6.95. The Hall–Kier alpha value is -0.960. The van der Waals surface area contributed by atoms with Gasteiger partial charge in [-0.15, -0.1) is 0 Å². The van der Waals surface area contributed by atoms with Crippen molar-refractivity contribution in [2.45, 2.75) is 38.8 Å². The Balaban J connectivity index is 1.76. The van der Waals surface area contributed by atoms with E-state index in [1.54, 1.807) is 6.20 Å². The quantitative estimate of drug-likeness (QED) is 0.804. The van der Waals surface area contributed by atoms with Gasteiger partial charge in [-0.3, -0.25) is 4.98 Å². The topological polar surface area (TPSA) is 24.9 Å². The summed E-state index contributed by atoms with van der Waals surface area (Å²) >= 11 is 0. The summed E-state index contributed by atoms with van der Waals surface area (Å²) in [6, 6.07) is 2.05. The summed E-state index contributed by atoms with van der Waals surface area (Å²) < 4.78 is 12.8. The largest absolute Gasteiger partial charge is 0.310 e. The summed E-state index contributed by atoms with van der Waals surface area (Å²) in [4.78, 5) is 3.82. The maximum Gasteiger partial charge on any atom is 0.141 e. The minimum atomic E-state index is -0.260. The van der Waals surface area contributed by atoms with Crippen LogP contribution in [0.2, 0.25) is 0 Å². The molecule has 0 aromatic carbocycles. The predicted molar refractivity (Wildman–Crippen MR) is 57.8 cm³/mol. The molecule has 0 aliphatic heterocycles. The third-order valence-electron chi connectivity index (χ3n) is 2.80. The third kappa shape index (κ3) is 3.59. The molecule has 0 bridgehead atoms. The van der Waals surface area contributed by atoms with E-state index in [2.05, 4.69) is 17.2 Å². The second-order valence-electron chi connectivity index (χ2n) is 4.47. The molecule has 1 fully saturated rings. The number of rotatable bonds is 5. The highest BCUT2D eigenvalue weighted by Gasteiger charge is 2.23. The summed E-state index contributed by atoms with van der Waals surface area (Å²) in [6.45, 7) is 2.89. The number of hydrogen-bond acceptors (Lipinski definition) is 2. The van der Waals surface area contributed by atoms with Crippen LogP contribution in [0.25, 0.3) is 0 Å². The van der Waals surface area contributed by atoms with Crippen molar-refractivity contribution < 1.29 is 4.39 Å². The molecule has 1 unspecified atom stereocenters. The Morgan fingerprint density at radius 2 is 2.33 bits per heavy atom. The lowest BCUT2D eigenvalue weighted by Gasteiger charge is -2.12. The van der Waals surface area contributed by atoms with Gasteiger partial charge in [-0.25, -0.2) is 4.39 Å². The monoisotopic (exact) mass is 208 g/mol. The van der Waals surface area contributed by atoms with Crippen molar-refractivity contribution in [3.05, 3.63) is 29.8 Å². The minimum absolute atomic E-state index is 0.260. The van der Waals surface area contributed by atoms with E-state index < -0.39 is 0 Å². The van der Waals surface area contributed by atoms with Gasteiger partial charge in [0, 0.05) is 18.8 Å². The van der Waals surface area contributed by atoms with Crippen LogP contribution in [0.4, 0.5) is 4.39 Å². The fourth-order valence-electron chi connectivity index (χ4n) is 1.78. The lowest BCUT2D eigenvalue weighted by atomic mass is 10.1. The second kappa shape index (κ2) is 4.71. The van der Waals surface area contributed by atoms with Crippen LogP contribution in [-0.4, -0.2) is 11.0 Å². The first kappa shape index (κ1) is 10.6. The fourth-order valence-corrected chi connectivity index (χ4v) is 1.78. The van der Waals surface area contributed by atoms with Gasteiger partial charge in [-0.05, 0) is 30.9 Å². The normalized spacial score (nSPS) is 17.7. The van der Waals surface area contributed by atoms with Gasteiger partial charge in [-0.2, -0.15) is 0 Å². The van der Waals surface area contributed by atoms with Crippen LogP contribution in [0.15, 0.2) is 18.5 Å². The molecule has 1 atom stereocenters. The van der Waals surface area contributed by atoms with Gasteiger partial charge in [-0.1, -0.05) is 12.8 Å². The Morgan fingerprint density at radius 3 is 3.00 bits per heavy atom. The number of nitrogens with one attached hydrogen (secondary N) is 1. The molecule has 1 aromatic rings. The Bertz CT molecular complexity index is 323. The average Bonchev–Trinajstić information content (AvgIpc) is 2.99. The zero-order chi connectivity index (χ0) is 10.7. The molecule has 0 spiro atoms. The molecular weight excluding hydrogens is 191 g/mol. The molecule has 1 N–H and O–H groups in total. The van der Waals surface area contributed by atoms with Crippen molar-refractivity contribution in [1.82, 2.24) is 10.3 Å². The molecule has 0 amide bonds. The zero-order valence-electron chi connectivity index (χ0n) is 9.04. The lowest BCUT2D eigenvalue weighted by Crippen LogP contribution is -2.25. The van der Waals surface area contributed by atoms with Gasteiger partial charge in [0.25, 0.3) is 0 Å². The molecule has 2 nitrogen and oxygen atoms in total. The van der Waals surface area contributed by atoms with Gasteiger partial charge in [0.1, 0.15) is 5.82 Å². The molecule has 1 saturated carbocycles. The molecule has 15 heavy (non-hydrogen) atoms. The summed E-state index contributed by atoms with van der Waals surface area (Å²) in [5, 5.41) is 3.39. The van der Waals surface area contributed by atoms with Crippen LogP contribution in [0.3, 0.4) is 0 Å². The van der Waals surface area contributed by atoms with Gasteiger partial charge < -0.3 is 5.32 Å². The number of halogens is 1. The number of aromatic nitrogens is 1. The first-order chi connectivity index (χ1) is 7.24. The van der Waals surface area contributed by atoms with Crippen molar-refractivity contribution in [1.29, 1.82) is 0 Å². The first-order valence-electron chi connectivity index (χ1n) is 5.57. The van der Waals surface area contributed by atoms with Crippen LogP contribution >= 0.6 is 0 Å². The summed E-state index contributed by atoms with van der Waals surface area (Å²) in [5.41, 5.74) is 0.914. The van der Waals surface area contributed by atoms with Gasteiger partial charge in [0.2, 0.25) is 0 Å². The van der Waals surface area contributed by atoms with Crippen LogP contribution in [-0.2, 0) is 6.54 Å². The van der Waals surface area contributed by atoms with E-state index >= 15 is 0 Å². The Labute approximate surface area is 89.9 Å². The summed E-state index contributed by atoms with van der Waals surface area (Å²) in [7, 11) is 0. The molecule has 1 aromatic heterocycles. The van der Waals surface area contributed by atoms with E-state index in [1.807, 2.05) is 0 Å². The van der Waals surface area contributed by atoms with Crippen molar-refractivity contribution in [2.24, 2.45) is 5.92 Å². The van der Waals surface area contributed by atoms with Crippen LogP contribution < -0.4 is 5.32 Å². The minimum Gasteiger partial charge on any atom is -0.310 e. The predicted octanol–water partition coefficient (Wildman–Crippen LogP) is 2.50. The molecule has 1 aliphatic carbocycles. The third-order valence-corrected chi connectivity index (χ3v) is 2.80. The van der Waals surface area contributed by atoms with Gasteiger partial charge in [0.05, 0.1) is 6.20 Å². The summed E-state index contributed by atoms with van der Waals surface area (Å²) in [5.74, 6) is 0.669. The molecular formula is C12H17FN2. The Morgan fingerprint density at radius 1 is 1.53 bits per heavy atom. The van der Waals surface area contributed by atoms with Crippen molar-refractivity contribution in [2.75, 3.05) is 0 Å². The standard InChI is InChI=1S/C12H17FN2/c1-9(4-10-2-3-10)15-7-11-5-12(13)8-14-6-11/h5-6,8-10,15H,2-4,7H2,1H3. The van der Waals surface area contributed by atoms with E-state index in [1.165, 1.54) is 31.5 Å². The number of hydrogen-bond donors (Lipinski definition) is 1. The second-order valence-corrected chi connectivity index (χ2v) is 4.47. The molecule has 0 saturated heterocycles. The van der Waals surface area contributed by atoms with Crippen LogP contribution in [0.5, 0.6) is 0 Å². The van der Waals surface area contributed by atoms with Crippen molar-refractivity contribution in [3.63, 3.8) is 0 Å². The first-order valence-corrected chi connectivity index (χ1v) is 5.57. The number of pyridine rings is 1. The highest BCUT2D eigenvalue weighted by molar-refractivity contribution is 5.09. The van der Waals surface area contributed by atoms with Gasteiger partial charge >= 0.3 is 0 Å². The van der Waals surface area contributed by atoms with E-state index in [0.717, 1.165) is 11.5 Å². The maximum absolute atomic E-state index is 12.8. The maximum atomic E-state index is 12.8. The Kier molecular flexibility index (Phi) is 3.31. The number of nitrogens with zero attached hydrogens (tertiary/aromatic N) is 1. The molecule has 0 radical (unpaired) electrons. The lowest BCUT2D eigenvalue weighted by molar-refractivity contribution is 0.486.